The van der Waals surface area contributed by atoms with E-state index in [9.17, 15) is 4.79 Å². The van der Waals surface area contributed by atoms with Crippen molar-refractivity contribution in [3.63, 3.8) is 0 Å². The van der Waals surface area contributed by atoms with Crippen molar-refractivity contribution in [2.45, 2.75) is 45.6 Å². The van der Waals surface area contributed by atoms with Gasteiger partial charge in [-0.15, -0.1) is 0 Å². The van der Waals surface area contributed by atoms with Gasteiger partial charge in [0.25, 0.3) is 0 Å². The van der Waals surface area contributed by atoms with E-state index in [2.05, 4.69) is 56.3 Å². The SMILES string of the molecule is CC(C)c1ccc2oc(=O)cc(C[NH+]3CCC(Cc4ccccc4)CC3)c2c1. The van der Waals surface area contributed by atoms with Gasteiger partial charge in [0.05, 0.1) is 13.1 Å². The molecule has 0 aliphatic carbocycles. The highest BCUT2D eigenvalue weighted by atomic mass is 16.4. The molecule has 146 valence electrons. The fourth-order valence-corrected chi connectivity index (χ4v) is 4.43. The quantitative estimate of drug-likeness (QED) is 0.684. The Balaban J connectivity index is 1.47. The minimum Gasteiger partial charge on any atom is -0.423 e. The molecule has 1 fully saturated rings. The van der Waals surface area contributed by atoms with Gasteiger partial charge in [0.15, 0.2) is 0 Å². The van der Waals surface area contributed by atoms with Gasteiger partial charge in [-0.25, -0.2) is 4.79 Å². The van der Waals surface area contributed by atoms with E-state index < -0.39 is 0 Å². The summed E-state index contributed by atoms with van der Waals surface area (Å²) in [6.45, 7) is 7.64. The molecule has 3 aromatic rings. The highest BCUT2D eigenvalue weighted by Gasteiger charge is 2.23. The van der Waals surface area contributed by atoms with Gasteiger partial charge in [0.2, 0.25) is 0 Å². The molecule has 1 saturated heterocycles. The highest BCUT2D eigenvalue weighted by Crippen LogP contribution is 2.23. The third-order valence-corrected chi connectivity index (χ3v) is 6.14. The van der Waals surface area contributed by atoms with Gasteiger partial charge < -0.3 is 9.32 Å². The van der Waals surface area contributed by atoms with Crippen molar-refractivity contribution in [3.8, 4) is 0 Å². The first kappa shape index (κ1) is 18.9. The fourth-order valence-electron chi connectivity index (χ4n) is 4.43. The molecule has 1 aromatic heterocycles. The predicted molar refractivity (Wildman–Crippen MR) is 114 cm³/mol. The molecule has 3 heteroatoms. The van der Waals surface area contributed by atoms with E-state index in [1.165, 1.54) is 43.5 Å². The predicted octanol–water partition coefficient (Wildman–Crippen LogP) is 3.95. The molecule has 1 aliphatic heterocycles. The van der Waals surface area contributed by atoms with E-state index >= 15 is 0 Å². The van der Waals surface area contributed by atoms with Crippen LogP contribution in [0.5, 0.6) is 0 Å². The normalized spacial score (nSPS) is 20.0. The Hall–Kier alpha value is -2.39. The van der Waals surface area contributed by atoms with Crippen molar-refractivity contribution >= 4 is 11.0 Å². The zero-order valence-corrected chi connectivity index (χ0v) is 16.9. The second-order valence-electron chi connectivity index (χ2n) is 8.56. The molecule has 2 aromatic carbocycles. The van der Waals surface area contributed by atoms with Gasteiger partial charge in [-0.3, -0.25) is 0 Å². The second-order valence-corrected chi connectivity index (χ2v) is 8.56. The molecule has 0 saturated carbocycles. The van der Waals surface area contributed by atoms with Crippen LogP contribution in [0.25, 0.3) is 11.0 Å². The lowest BCUT2D eigenvalue weighted by Crippen LogP contribution is -3.11. The molecule has 4 rings (SSSR count). The largest absolute Gasteiger partial charge is 0.423 e. The van der Waals surface area contributed by atoms with Crippen LogP contribution in [-0.4, -0.2) is 13.1 Å². The van der Waals surface area contributed by atoms with Crippen LogP contribution in [0.2, 0.25) is 0 Å². The molecule has 1 N–H and O–H groups in total. The fraction of sp³-hybridized carbons (Fsp3) is 0.400. The molecule has 1 aliphatic rings. The number of quaternary nitrogens is 1. The van der Waals surface area contributed by atoms with E-state index in [1.54, 1.807) is 11.0 Å². The number of benzene rings is 2. The number of hydrogen-bond acceptors (Lipinski definition) is 2. The van der Waals surface area contributed by atoms with Crippen LogP contribution in [0.1, 0.15) is 49.3 Å². The third kappa shape index (κ3) is 4.36. The maximum absolute atomic E-state index is 12.0. The van der Waals surface area contributed by atoms with Gasteiger partial charge in [0.1, 0.15) is 12.1 Å². The molecule has 0 radical (unpaired) electrons. The lowest BCUT2D eigenvalue weighted by Gasteiger charge is -2.29. The van der Waals surface area contributed by atoms with E-state index in [1.807, 2.05) is 6.07 Å². The number of hydrogen-bond donors (Lipinski definition) is 1. The van der Waals surface area contributed by atoms with E-state index in [-0.39, 0.29) is 5.63 Å². The minimum atomic E-state index is -0.238. The first-order valence-electron chi connectivity index (χ1n) is 10.5. The highest BCUT2D eigenvalue weighted by molar-refractivity contribution is 5.80. The number of rotatable bonds is 5. The molecular weight excluding hydrogens is 346 g/mol. The summed E-state index contributed by atoms with van der Waals surface area (Å²) in [7, 11) is 0. The summed E-state index contributed by atoms with van der Waals surface area (Å²) < 4.78 is 5.44. The monoisotopic (exact) mass is 376 g/mol. The summed E-state index contributed by atoms with van der Waals surface area (Å²) in [5.74, 6) is 1.24. The summed E-state index contributed by atoms with van der Waals surface area (Å²) in [6.07, 6.45) is 3.69. The van der Waals surface area contributed by atoms with Crippen molar-refractivity contribution < 1.29 is 9.32 Å². The number of piperidine rings is 1. The first-order chi connectivity index (χ1) is 13.6. The van der Waals surface area contributed by atoms with Gasteiger partial charge in [-0.05, 0) is 54.4 Å². The topological polar surface area (TPSA) is 34.6 Å². The summed E-state index contributed by atoms with van der Waals surface area (Å²) in [4.78, 5) is 13.6. The lowest BCUT2D eigenvalue weighted by molar-refractivity contribution is -0.919. The summed E-state index contributed by atoms with van der Waals surface area (Å²) in [5.41, 5.74) is 4.34. The molecule has 0 unspecified atom stereocenters. The Kier molecular flexibility index (Phi) is 5.63. The van der Waals surface area contributed by atoms with Crippen LogP contribution in [0.4, 0.5) is 0 Å². The summed E-state index contributed by atoms with van der Waals surface area (Å²) in [6, 6.07) is 18.8. The van der Waals surface area contributed by atoms with Crippen LogP contribution in [-0.2, 0) is 13.0 Å². The molecule has 28 heavy (non-hydrogen) atoms. The van der Waals surface area contributed by atoms with Crippen molar-refractivity contribution in [1.29, 1.82) is 0 Å². The van der Waals surface area contributed by atoms with Crippen molar-refractivity contribution in [2.24, 2.45) is 5.92 Å². The molecular formula is C25H30NO2+. The Morgan fingerprint density at radius 1 is 1.04 bits per heavy atom. The molecule has 0 atom stereocenters. The maximum Gasteiger partial charge on any atom is 0.336 e. The van der Waals surface area contributed by atoms with Crippen LogP contribution in [0.3, 0.4) is 0 Å². The van der Waals surface area contributed by atoms with Crippen LogP contribution < -0.4 is 10.5 Å². The molecule has 0 spiro atoms. The van der Waals surface area contributed by atoms with Crippen molar-refractivity contribution in [2.75, 3.05) is 13.1 Å². The Labute approximate surface area is 167 Å². The first-order valence-corrected chi connectivity index (χ1v) is 10.5. The number of likely N-dealkylation sites (tertiary alicyclic amines) is 1. The standard InChI is InChI=1S/C25H29NO2/c1-18(2)21-8-9-24-23(15-21)22(16-25(27)28-24)17-26-12-10-20(11-13-26)14-19-6-4-3-5-7-19/h3-9,15-16,18,20H,10-14,17H2,1-2H3/p+1. The second kappa shape index (κ2) is 8.32. The maximum atomic E-state index is 12.0. The Bertz CT molecular complexity index is 982. The minimum absolute atomic E-state index is 0.238. The van der Waals surface area contributed by atoms with Crippen LogP contribution in [0.15, 0.2) is 63.8 Å². The molecule has 3 nitrogen and oxygen atoms in total. The zero-order valence-electron chi connectivity index (χ0n) is 16.9. The van der Waals surface area contributed by atoms with Crippen LogP contribution in [0, 0.1) is 5.92 Å². The number of nitrogens with one attached hydrogen (secondary N) is 1. The summed E-state index contributed by atoms with van der Waals surface area (Å²) >= 11 is 0. The van der Waals surface area contributed by atoms with E-state index in [0.717, 1.165) is 23.4 Å². The summed E-state index contributed by atoms with van der Waals surface area (Å²) in [5, 5.41) is 1.10. The Morgan fingerprint density at radius 3 is 2.50 bits per heavy atom. The molecule has 0 amide bonds. The average Bonchev–Trinajstić information content (AvgIpc) is 2.70. The zero-order chi connectivity index (χ0) is 19.5. The molecule has 2 heterocycles. The van der Waals surface area contributed by atoms with Crippen molar-refractivity contribution in [1.82, 2.24) is 0 Å². The average molecular weight is 377 g/mol. The molecule has 0 bridgehead atoms. The van der Waals surface area contributed by atoms with Gasteiger partial charge >= 0.3 is 5.63 Å². The van der Waals surface area contributed by atoms with Gasteiger partial charge in [-0.2, -0.15) is 0 Å². The smallest absolute Gasteiger partial charge is 0.336 e. The van der Waals surface area contributed by atoms with Crippen LogP contribution >= 0.6 is 0 Å². The van der Waals surface area contributed by atoms with Gasteiger partial charge in [-0.1, -0.05) is 50.2 Å². The van der Waals surface area contributed by atoms with E-state index in [4.69, 9.17) is 4.42 Å². The van der Waals surface area contributed by atoms with Gasteiger partial charge in [0, 0.05) is 17.0 Å². The van der Waals surface area contributed by atoms with Crippen molar-refractivity contribution in [3.05, 3.63) is 81.7 Å². The third-order valence-electron chi connectivity index (χ3n) is 6.14. The number of fused-ring (bicyclic) bond motifs is 1. The lowest BCUT2D eigenvalue weighted by atomic mass is 9.90. The van der Waals surface area contributed by atoms with E-state index in [0.29, 0.717) is 11.5 Å². The Morgan fingerprint density at radius 2 is 1.79 bits per heavy atom.